The zero-order valence-corrected chi connectivity index (χ0v) is 7.49. The van der Waals surface area contributed by atoms with Gasteiger partial charge in [0.2, 0.25) is 0 Å². The molecule has 0 spiro atoms. The molecule has 0 saturated heterocycles. The molecule has 0 unspecified atom stereocenters. The van der Waals surface area contributed by atoms with Gasteiger partial charge in [0.1, 0.15) is 0 Å². The van der Waals surface area contributed by atoms with E-state index >= 15 is 0 Å². The van der Waals surface area contributed by atoms with E-state index in [1.165, 1.54) is 0 Å². The first-order valence-electron chi connectivity index (χ1n) is 3.41. The maximum atomic E-state index is 6.48. The molecule has 0 rings (SSSR count). The van der Waals surface area contributed by atoms with Gasteiger partial charge in [-0.15, -0.1) is 0 Å². The summed E-state index contributed by atoms with van der Waals surface area (Å²) in [7, 11) is 0. The maximum absolute atomic E-state index is 6.48. The number of rotatable bonds is 4. The van der Waals surface area contributed by atoms with Crippen molar-refractivity contribution in [2.45, 2.75) is 12.8 Å². The van der Waals surface area contributed by atoms with E-state index in [2.05, 4.69) is 0 Å². The van der Waals surface area contributed by atoms with Gasteiger partial charge in [-0.2, -0.15) is 26.2 Å². The second-order valence-corrected chi connectivity index (χ2v) is 1.71. The predicted molar refractivity (Wildman–Crippen MR) is 46.0 cm³/mol. The van der Waals surface area contributed by atoms with Crippen molar-refractivity contribution in [3.05, 3.63) is 22.9 Å². The summed E-state index contributed by atoms with van der Waals surface area (Å²) in [4.78, 5) is 0. The van der Waals surface area contributed by atoms with Gasteiger partial charge in [-0.25, -0.2) is 0 Å². The van der Waals surface area contributed by atoms with E-state index in [1.54, 1.807) is 0 Å². The molecule has 0 aliphatic carbocycles. The minimum Gasteiger partial charge on any atom is -0.677 e. The molecule has 0 heterocycles. The molecule has 0 saturated carbocycles. The maximum Gasteiger partial charge on any atom is 2.00 e. The fraction of sp³-hybridized carbons (Fsp3) is 1.00. The second-order valence-electron chi connectivity index (χ2n) is 1.71. The fourth-order valence-electron chi connectivity index (χ4n) is 0.177. The molecule has 4 N–H and O–H groups in total. The van der Waals surface area contributed by atoms with Gasteiger partial charge in [0.25, 0.3) is 0 Å². The van der Waals surface area contributed by atoms with Crippen LogP contribution < -0.4 is 0 Å². The summed E-state index contributed by atoms with van der Waals surface area (Å²) < 4.78 is 0. The molecule has 73 valence electrons. The Morgan fingerprint density at radius 1 is 0.545 bits per heavy atom. The quantitative estimate of drug-likeness (QED) is 0.634. The van der Waals surface area contributed by atoms with Gasteiger partial charge >= 0.3 is 17.1 Å². The molecular formula is C6H16CuN4-2. The van der Waals surface area contributed by atoms with Crippen LogP contribution in [0.15, 0.2) is 0 Å². The smallest absolute Gasteiger partial charge is 0.677 e. The molecule has 0 aliphatic heterocycles. The monoisotopic (exact) mass is 207 g/mol. The Labute approximate surface area is 79.5 Å². The van der Waals surface area contributed by atoms with Crippen LogP contribution in [-0.2, 0) is 17.1 Å². The summed E-state index contributed by atoms with van der Waals surface area (Å²) in [5.74, 6) is 0. The third kappa shape index (κ3) is 38.1. The zero-order valence-electron chi connectivity index (χ0n) is 6.54. The van der Waals surface area contributed by atoms with E-state index < -0.39 is 0 Å². The first-order chi connectivity index (χ1) is 4.83. The Morgan fingerprint density at radius 2 is 0.727 bits per heavy atom. The Kier molecular flexibility index (Phi) is 35.6. The van der Waals surface area contributed by atoms with Gasteiger partial charge in [0.05, 0.1) is 0 Å². The van der Waals surface area contributed by atoms with Crippen LogP contribution in [0, 0.1) is 0 Å². The van der Waals surface area contributed by atoms with E-state index in [4.69, 9.17) is 22.9 Å². The van der Waals surface area contributed by atoms with Gasteiger partial charge in [-0.1, -0.05) is 12.8 Å². The third-order valence-electron chi connectivity index (χ3n) is 0.707. The fourth-order valence-corrected chi connectivity index (χ4v) is 0.177. The summed E-state index contributed by atoms with van der Waals surface area (Å²) in [6.07, 6.45) is 1.44. The Bertz CT molecular complexity index is 35.6. The minimum absolute atomic E-state index is 0. The van der Waals surface area contributed by atoms with Crippen LogP contribution in [0.4, 0.5) is 0 Å². The molecule has 0 fully saturated rings. The van der Waals surface area contributed by atoms with Crippen molar-refractivity contribution >= 4 is 0 Å². The number of nitrogens with one attached hydrogen (secondary N) is 4. The minimum atomic E-state index is 0. The van der Waals surface area contributed by atoms with Crippen molar-refractivity contribution in [2.24, 2.45) is 0 Å². The molecule has 0 bridgehead atoms. The molecular weight excluding hydrogens is 192 g/mol. The van der Waals surface area contributed by atoms with Crippen LogP contribution in [0.2, 0.25) is 0 Å². The molecule has 11 heavy (non-hydrogen) atoms. The third-order valence-corrected chi connectivity index (χ3v) is 0.707. The van der Waals surface area contributed by atoms with Gasteiger partial charge in [0.15, 0.2) is 0 Å². The average Bonchev–Trinajstić information content (AvgIpc) is 1.93. The van der Waals surface area contributed by atoms with Gasteiger partial charge < -0.3 is 22.9 Å². The molecule has 4 nitrogen and oxygen atoms in total. The van der Waals surface area contributed by atoms with Crippen molar-refractivity contribution < 1.29 is 17.1 Å². The van der Waals surface area contributed by atoms with Gasteiger partial charge in [-0.05, 0) is 0 Å². The van der Waals surface area contributed by atoms with Crippen molar-refractivity contribution in [3.63, 3.8) is 0 Å². The summed E-state index contributed by atoms with van der Waals surface area (Å²) in [5, 5.41) is 0. The largest absolute Gasteiger partial charge is 2.00 e. The topological polar surface area (TPSA) is 95.2 Å². The van der Waals surface area contributed by atoms with E-state index in [-0.39, 0.29) is 17.1 Å². The predicted octanol–water partition coefficient (Wildman–Crippen LogP) is 2.96. The molecule has 0 atom stereocenters. The van der Waals surface area contributed by atoms with Crippen LogP contribution in [0.3, 0.4) is 0 Å². The first-order valence-corrected chi connectivity index (χ1v) is 3.41. The summed E-state index contributed by atoms with van der Waals surface area (Å²) in [6.45, 7) is 1.62. The molecule has 0 aromatic rings. The number of hydrogen-bond acceptors (Lipinski definition) is 0. The molecule has 0 amide bonds. The van der Waals surface area contributed by atoms with E-state index in [9.17, 15) is 0 Å². The summed E-state index contributed by atoms with van der Waals surface area (Å²) >= 11 is 0. The van der Waals surface area contributed by atoms with E-state index in [0.29, 0.717) is 26.2 Å². The van der Waals surface area contributed by atoms with Gasteiger partial charge in [-0.3, -0.25) is 0 Å². The van der Waals surface area contributed by atoms with Crippen molar-refractivity contribution in [1.29, 1.82) is 0 Å². The normalized spacial score (nSPS) is 7.64. The Morgan fingerprint density at radius 3 is 0.727 bits per heavy atom. The standard InChI is InChI=1S/2C3H8N2.Cu/c2*4-2-1-3-5;/h2*4-5H,1-3H2;/q2*-2;+2. The molecule has 0 aromatic carbocycles. The Balaban J connectivity index is -0.000000107. The first kappa shape index (κ1) is 17.4. The number of hydrogen-bond donors (Lipinski definition) is 0. The van der Waals surface area contributed by atoms with Crippen molar-refractivity contribution in [1.82, 2.24) is 0 Å². The average molecular weight is 208 g/mol. The van der Waals surface area contributed by atoms with Crippen LogP contribution >= 0.6 is 0 Å². The molecule has 5 heteroatoms. The van der Waals surface area contributed by atoms with Crippen LogP contribution in [0.5, 0.6) is 0 Å². The SMILES string of the molecule is [Cu+2].[NH-]CCC[NH-].[NH-]CCC[NH-]. The van der Waals surface area contributed by atoms with Crippen molar-refractivity contribution in [2.75, 3.05) is 26.2 Å². The van der Waals surface area contributed by atoms with E-state index in [0.717, 1.165) is 12.8 Å². The van der Waals surface area contributed by atoms with E-state index in [1.807, 2.05) is 0 Å². The van der Waals surface area contributed by atoms with Crippen LogP contribution in [0.25, 0.3) is 22.9 Å². The van der Waals surface area contributed by atoms with Crippen molar-refractivity contribution in [3.8, 4) is 0 Å². The summed E-state index contributed by atoms with van der Waals surface area (Å²) in [6, 6.07) is 0. The summed E-state index contributed by atoms with van der Waals surface area (Å²) in [5.41, 5.74) is 25.9. The van der Waals surface area contributed by atoms with Gasteiger partial charge in [0, 0.05) is 0 Å². The van der Waals surface area contributed by atoms with Crippen LogP contribution in [-0.4, -0.2) is 26.2 Å². The van der Waals surface area contributed by atoms with Crippen LogP contribution in [0.1, 0.15) is 12.8 Å². The molecule has 0 aromatic heterocycles. The molecule has 0 aliphatic rings. The second kappa shape index (κ2) is 22.4. The Hall–Kier alpha value is 0.359. The zero-order chi connectivity index (χ0) is 8.24. The molecule has 1 radical (unpaired) electrons.